The van der Waals surface area contributed by atoms with Crippen LogP contribution in [0.5, 0.6) is 0 Å². The van der Waals surface area contributed by atoms with E-state index in [2.05, 4.69) is 29.6 Å². The number of carbonyl (C=O) groups excluding carboxylic acids is 1. The van der Waals surface area contributed by atoms with Crippen LogP contribution in [0.2, 0.25) is 0 Å². The number of alkyl carbamates (subject to hydrolysis) is 1. The van der Waals surface area contributed by atoms with Crippen LogP contribution in [0, 0.1) is 5.82 Å². The molecule has 5 heteroatoms. The van der Waals surface area contributed by atoms with Crippen LogP contribution in [0.25, 0.3) is 17.2 Å². The lowest BCUT2D eigenvalue weighted by Gasteiger charge is -2.14. The molecule has 1 aliphatic carbocycles. The van der Waals surface area contributed by atoms with Crippen molar-refractivity contribution in [3.8, 4) is 11.1 Å². The van der Waals surface area contributed by atoms with Gasteiger partial charge in [0, 0.05) is 12.5 Å². The Balaban J connectivity index is 1.33. The van der Waals surface area contributed by atoms with Crippen LogP contribution in [0.1, 0.15) is 28.2 Å². The van der Waals surface area contributed by atoms with Crippen molar-refractivity contribution in [2.24, 2.45) is 0 Å². The summed E-state index contributed by atoms with van der Waals surface area (Å²) in [4.78, 5) is 12.1. The zero-order valence-corrected chi connectivity index (χ0v) is 16.3. The Bertz CT molecular complexity index is 1050. The Labute approximate surface area is 174 Å². The van der Waals surface area contributed by atoms with Crippen LogP contribution < -0.4 is 5.32 Å². The van der Waals surface area contributed by atoms with Gasteiger partial charge in [0.25, 0.3) is 0 Å². The summed E-state index contributed by atoms with van der Waals surface area (Å²) < 4.78 is 18.9. The molecule has 0 atom stereocenters. The van der Waals surface area contributed by atoms with Crippen LogP contribution in [-0.2, 0) is 11.3 Å². The SMILES string of the molecule is O=C(NCC=Cc1cc(F)cc(CO)c1)OCC1c2ccccc2-c2ccccc21. The second-order valence-electron chi connectivity index (χ2n) is 7.16. The smallest absolute Gasteiger partial charge is 0.407 e. The number of carbonyl (C=O) groups is 1. The quantitative estimate of drug-likeness (QED) is 0.617. The Kier molecular flexibility index (Phi) is 5.91. The first-order valence-electron chi connectivity index (χ1n) is 9.81. The van der Waals surface area contributed by atoms with Crippen molar-refractivity contribution in [2.45, 2.75) is 12.5 Å². The van der Waals surface area contributed by atoms with Gasteiger partial charge < -0.3 is 15.2 Å². The van der Waals surface area contributed by atoms with E-state index in [1.807, 2.05) is 24.3 Å². The van der Waals surface area contributed by atoms with E-state index in [1.54, 1.807) is 18.2 Å². The lowest BCUT2D eigenvalue weighted by molar-refractivity contribution is 0.144. The van der Waals surface area contributed by atoms with Gasteiger partial charge in [-0.3, -0.25) is 0 Å². The van der Waals surface area contributed by atoms with Crippen molar-refractivity contribution in [1.82, 2.24) is 5.32 Å². The monoisotopic (exact) mass is 403 g/mol. The molecule has 0 saturated heterocycles. The van der Waals surface area contributed by atoms with Crippen molar-refractivity contribution < 1.29 is 19.0 Å². The van der Waals surface area contributed by atoms with Crippen molar-refractivity contribution in [3.63, 3.8) is 0 Å². The van der Waals surface area contributed by atoms with E-state index in [0.717, 1.165) is 11.1 Å². The Morgan fingerprint density at radius 1 is 1.03 bits per heavy atom. The fourth-order valence-corrected chi connectivity index (χ4v) is 3.85. The van der Waals surface area contributed by atoms with Gasteiger partial charge in [0.15, 0.2) is 0 Å². The highest BCUT2D eigenvalue weighted by atomic mass is 19.1. The number of ether oxygens (including phenoxy) is 1. The van der Waals surface area contributed by atoms with Gasteiger partial charge in [-0.2, -0.15) is 0 Å². The Morgan fingerprint density at radius 2 is 1.70 bits per heavy atom. The molecule has 0 aliphatic heterocycles. The van der Waals surface area contributed by atoms with Gasteiger partial charge in [0.2, 0.25) is 0 Å². The second-order valence-corrected chi connectivity index (χ2v) is 7.16. The molecule has 3 aromatic rings. The number of halogens is 1. The first-order valence-corrected chi connectivity index (χ1v) is 9.81. The molecule has 152 valence electrons. The molecule has 4 rings (SSSR count). The van der Waals surface area contributed by atoms with Crippen LogP contribution in [0.4, 0.5) is 9.18 Å². The predicted molar refractivity (Wildman–Crippen MR) is 114 cm³/mol. The molecule has 30 heavy (non-hydrogen) atoms. The van der Waals surface area contributed by atoms with Gasteiger partial charge in [0.1, 0.15) is 12.4 Å². The number of amides is 1. The number of nitrogens with one attached hydrogen (secondary N) is 1. The highest BCUT2D eigenvalue weighted by molar-refractivity contribution is 5.79. The Morgan fingerprint density at radius 3 is 2.37 bits per heavy atom. The lowest BCUT2D eigenvalue weighted by atomic mass is 9.98. The molecule has 3 aromatic carbocycles. The van der Waals surface area contributed by atoms with Crippen molar-refractivity contribution in [2.75, 3.05) is 13.2 Å². The molecule has 0 aromatic heterocycles. The number of aliphatic hydroxyl groups excluding tert-OH is 1. The summed E-state index contributed by atoms with van der Waals surface area (Å²) in [5, 5.41) is 11.8. The molecule has 0 bridgehead atoms. The van der Waals surface area contributed by atoms with Gasteiger partial charge in [-0.05, 0) is 51.6 Å². The molecule has 0 spiro atoms. The second kappa shape index (κ2) is 8.93. The maximum absolute atomic E-state index is 13.5. The molecule has 0 fully saturated rings. The summed E-state index contributed by atoms with van der Waals surface area (Å²) in [5.41, 5.74) is 5.81. The minimum absolute atomic E-state index is 0.0166. The third-order valence-electron chi connectivity index (χ3n) is 5.18. The summed E-state index contributed by atoms with van der Waals surface area (Å²) in [6, 6.07) is 20.7. The minimum atomic E-state index is -0.503. The minimum Gasteiger partial charge on any atom is -0.449 e. The lowest BCUT2D eigenvalue weighted by Crippen LogP contribution is -2.26. The van der Waals surface area contributed by atoms with E-state index in [1.165, 1.54) is 23.3 Å². The van der Waals surface area contributed by atoms with Crippen molar-refractivity contribution in [3.05, 3.63) is 101 Å². The predicted octanol–water partition coefficient (Wildman–Crippen LogP) is 4.87. The fourth-order valence-electron chi connectivity index (χ4n) is 3.85. The molecule has 4 nitrogen and oxygen atoms in total. The number of hydrogen-bond donors (Lipinski definition) is 2. The number of rotatable bonds is 6. The summed E-state index contributed by atoms with van der Waals surface area (Å²) in [6.45, 7) is 0.283. The topological polar surface area (TPSA) is 58.6 Å². The van der Waals surface area contributed by atoms with Gasteiger partial charge in [-0.25, -0.2) is 9.18 Å². The number of benzene rings is 3. The Hall–Kier alpha value is -3.44. The standard InChI is InChI=1S/C25H22FNO3/c26-19-13-17(12-18(14-19)15-28)6-5-11-27-25(29)30-16-24-22-9-3-1-7-20(22)21-8-2-4-10-23(21)24/h1-10,12-14,24,28H,11,15-16H2,(H,27,29). The summed E-state index contributed by atoms with van der Waals surface area (Å²) >= 11 is 0. The molecule has 1 amide bonds. The average Bonchev–Trinajstić information content (AvgIpc) is 3.09. The van der Waals surface area contributed by atoms with Crippen LogP contribution >= 0.6 is 0 Å². The zero-order chi connectivity index (χ0) is 20.9. The normalized spacial score (nSPS) is 12.6. The molecule has 0 radical (unpaired) electrons. The van der Waals surface area contributed by atoms with Crippen LogP contribution in [0.3, 0.4) is 0 Å². The van der Waals surface area contributed by atoms with Gasteiger partial charge in [-0.1, -0.05) is 60.7 Å². The molecule has 0 saturated carbocycles. The number of aliphatic hydroxyl groups is 1. The largest absolute Gasteiger partial charge is 0.449 e. The van der Waals surface area contributed by atoms with E-state index >= 15 is 0 Å². The maximum Gasteiger partial charge on any atom is 0.407 e. The van der Waals surface area contributed by atoms with E-state index in [0.29, 0.717) is 11.1 Å². The summed E-state index contributed by atoms with van der Waals surface area (Å²) in [5.74, 6) is -0.395. The average molecular weight is 403 g/mol. The van der Waals surface area contributed by atoms with Crippen molar-refractivity contribution in [1.29, 1.82) is 0 Å². The first kappa shape index (κ1) is 19.9. The molecule has 1 aliphatic rings. The van der Waals surface area contributed by atoms with E-state index in [-0.39, 0.29) is 25.7 Å². The van der Waals surface area contributed by atoms with E-state index < -0.39 is 11.9 Å². The molecule has 2 N–H and O–H groups in total. The fraction of sp³-hybridized carbons (Fsp3) is 0.160. The molecular formula is C25H22FNO3. The molecule has 0 unspecified atom stereocenters. The molecular weight excluding hydrogens is 381 g/mol. The van der Waals surface area contributed by atoms with Gasteiger partial charge in [-0.15, -0.1) is 0 Å². The summed E-state index contributed by atoms with van der Waals surface area (Å²) in [6.07, 6.45) is 2.89. The number of hydrogen-bond acceptors (Lipinski definition) is 3. The van der Waals surface area contributed by atoms with E-state index in [9.17, 15) is 9.18 Å². The van der Waals surface area contributed by atoms with Crippen LogP contribution in [0.15, 0.2) is 72.8 Å². The van der Waals surface area contributed by atoms with Crippen LogP contribution in [-0.4, -0.2) is 24.4 Å². The van der Waals surface area contributed by atoms with Gasteiger partial charge in [0.05, 0.1) is 6.61 Å². The molecule has 0 heterocycles. The van der Waals surface area contributed by atoms with Crippen molar-refractivity contribution >= 4 is 12.2 Å². The van der Waals surface area contributed by atoms with E-state index in [4.69, 9.17) is 9.84 Å². The van der Waals surface area contributed by atoms with Gasteiger partial charge >= 0.3 is 6.09 Å². The third-order valence-corrected chi connectivity index (χ3v) is 5.18. The number of fused-ring (bicyclic) bond motifs is 3. The summed E-state index contributed by atoms with van der Waals surface area (Å²) in [7, 11) is 0. The highest BCUT2D eigenvalue weighted by Crippen LogP contribution is 2.44. The zero-order valence-electron chi connectivity index (χ0n) is 16.3. The highest BCUT2D eigenvalue weighted by Gasteiger charge is 2.28. The maximum atomic E-state index is 13.5. The third kappa shape index (κ3) is 4.26. The first-order chi connectivity index (χ1) is 14.7.